The number of carbonyl (C=O) groups is 1. The van der Waals surface area contributed by atoms with Gasteiger partial charge in [0.15, 0.2) is 15.0 Å². The molecule has 2 aliphatic rings. The fourth-order valence-electron chi connectivity index (χ4n) is 3.09. The molecule has 5 nitrogen and oxygen atoms in total. The number of amides is 1. The van der Waals surface area contributed by atoms with Crippen LogP contribution in [0.5, 0.6) is 0 Å². The van der Waals surface area contributed by atoms with Crippen LogP contribution in [-0.4, -0.2) is 47.2 Å². The van der Waals surface area contributed by atoms with Gasteiger partial charge in [-0.2, -0.15) is 4.99 Å². The van der Waals surface area contributed by atoms with Crippen LogP contribution in [0.4, 0.5) is 0 Å². The van der Waals surface area contributed by atoms with Gasteiger partial charge in [0.2, 0.25) is 5.91 Å². The molecule has 0 bridgehead atoms. The first kappa shape index (κ1) is 17.5. The smallest absolute Gasteiger partial charge is 0.248 e. The Kier molecular flexibility index (Phi) is 5.01. The lowest BCUT2D eigenvalue weighted by Crippen LogP contribution is -2.37. The van der Waals surface area contributed by atoms with E-state index in [1.165, 1.54) is 17.3 Å². The van der Waals surface area contributed by atoms with Crippen LogP contribution >= 0.6 is 11.8 Å². The molecular formula is C17H22N2O3S2. The first-order chi connectivity index (χ1) is 11.4. The largest absolute Gasteiger partial charge is 0.342 e. The number of aliphatic imine (C=N–C) groups is 1. The van der Waals surface area contributed by atoms with E-state index in [0.29, 0.717) is 18.1 Å². The molecule has 1 aromatic carbocycles. The molecule has 0 spiro atoms. The van der Waals surface area contributed by atoms with Crippen molar-refractivity contribution in [3.05, 3.63) is 35.4 Å². The minimum absolute atomic E-state index is 0.0198. The van der Waals surface area contributed by atoms with Gasteiger partial charge in [-0.15, -0.1) is 0 Å². The SMILES string of the molecule is CCCC(=O)N=C1S[C@H]2CS(=O)(=O)C[C@@H]2N1Cc1ccc(C)cc1. The van der Waals surface area contributed by atoms with E-state index in [9.17, 15) is 13.2 Å². The molecule has 1 amide bonds. The molecule has 2 atom stereocenters. The van der Waals surface area contributed by atoms with Crippen LogP contribution < -0.4 is 0 Å². The Morgan fingerprint density at radius 1 is 1.29 bits per heavy atom. The second kappa shape index (κ2) is 6.88. The molecule has 0 unspecified atom stereocenters. The molecular weight excluding hydrogens is 344 g/mol. The molecule has 1 aromatic rings. The number of rotatable bonds is 4. The Hall–Kier alpha value is -1.34. The summed E-state index contributed by atoms with van der Waals surface area (Å²) in [6.07, 6.45) is 1.19. The lowest BCUT2D eigenvalue weighted by molar-refractivity contribution is -0.117. The summed E-state index contributed by atoms with van der Waals surface area (Å²) < 4.78 is 23.9. The molecule has 0 aromatic heterocycles. The van der Waals surface area contributed by atoms with Crippen molar-refractivity contribution in [3.63, 3.8) is 0 Å². The number of aryl methyl sites for hydroxylation is 1. The minimum atomic E-state index is -3.00. The fraction of sp³-hybridized carbons (Fsp3) is 0.529. The van der Waals surface area contributed by atoms with E-state index in [0.717, 1.165) is 12.0 Å². The Morgan fingerprint density at radius 2 is 2.00 bits per heavy atom. The lowest BCUT2D eigenvalue weighted by Gasteiger charge is -2.24. The van der Waals surface area contributed by atoms with Crippen LogP contribution in [0.1, 0.15) is 30.9 Å². The number of hydrogen-bond donors (Lipinski definition) is 0. The molecule has 2 saturated heterocycles. The van der Waals surface area contributed by atoms with Gasteiger partial charge in [0.25, 0.3) is 0 Å². The molecule has 2 heterocycles. The third kappa shape index (κ3) is 3.83. The highest BCUT2D eigenvalue weighted by molar-refractivity contribution is 8.15. The highest BCUT2D eigenvalue weighted by atomic mass is 32.2. The highest BCUT2D eigenvalue weighted by Gasteiger charge is 2.48. The zero-order valence-electron chi connectivity index (χ0n) is 13.9. The molecule has 0 radical (unpaired) electrons. The van der Waals surface area contributed by atoms with Gasteiger partial charge in [-0.25, -0.2) is 8.42 Å². The summed E-state index contributed by atoms with van der Waals surface area (Å²) in [6, 6.07) is 8.08. The van der Waals surface area contributed by atoms with Gasteiger partial charge in [0, 0.05) is 18.2 Å². The van der Waals surface area contributed by atoms with Gasteiger partial charge in [0.1, 0.15) is 0 Å². The maximum atomic E-state index is 12.0. The van der Waals surface area contributed by atoms with Crippen molar-refractivity contribution in [1.29, 1.82) is 0 Å². The van der Waals surface area contributed by atoms with Crippen LogP contribution in [-0.2, 0) is 21.2 Å². The molecule has 0 saturated carbocycles. The standard InChI is InChI=1S/C17H22N2O3S2/c1-3-4-16(20)18-17-19(9-13-7-5-12(2)6-8-13)14-10-24(21,22)11-15(14)23-17/h5-8,14-15H,3-4,9-11H2,1-2H3/t14-,15-/m0/s1. The second-order valence-electron chi connectivity index (χ2n) is 6.45. The predicted octanol–water partition coefficient (Wildman–Crippen LogP) is 2.39. The Bertz CT molecular complexity index is 757. The zero-order chi connectivity index (χ0) is 17.3. The van der Waals surface area contributed by atoms with Crippen LogP contribution in [0, 0.1) is 6.92 Å². The number of carbonyl (C=O) groups excluding carboxylic acids is 1. The Balaban J connectivity index is 1.86. The molecule has 24 heavy (non-hydrogen) atoms. The average Bonchev–Trinajstić information content (AvgIpc) is 2.95. The summed E-state index contributed by atoms with van der Waals surface area (Å²) in [5.74, 6) is 0.197. The fourth-order valence-corrected chi connectivity index (χ4v) is 7.06. The molecule has 3 rings (SSSR count). The van der Waals surface area contributed by atoms with Crippen molar-refractivity contribution in [2.75, 3.05) is 11.5 Å². The summed E-state index contributed by atoms with van der Waals surface area (Å²) >= 11 is 1.44. The van der Waals surface area contributed by atoms with Crippen molar-refractivity contribution in [3.8, 4) is 0 Å². The first-order valence-corrected chi connectivity index (χ1v) is 10.9. The van der Waals surface area contributed by atoms with Crippen LogP contribution in [0.25, 0.3) is 0 Å². The molecule has 7 heteroatoms. The number of sulfone groups is 1. The summed E-state index contributed by atoms with van der Waals surface area (Å²) in [7, 11) is -3.00. The van der Waals surface area contributed by atoms with E-state index in [1.807, 2.05) is 43.0 Å². The predicted molar refractivity (Wildman–Crippen MR) is 97.9 cm³/mol. The third-order valence-corrected chi connectivity index (χ3v) is 7.58. The highest BCUT2D eigenvalue weighted by Crippen LogP contribution is 2.39. The van der Waals surface area contributed by atoms with E-state index in [2.05, 4.69) is 4.99 Å². The van der Waals surface area contributed by atoms with Crippen molar-refractivity contribution < 1.29 is 13.2 Å². The molecule has 130 valence electrons. The van der Waals surface area contributed by atoms with Gasteiger partial charge >= 0.3 is 0 Å². The Labute approximate surface area is 147 Å². The van der Waals surface area contributed by atoms with Crippen molar-refractivity contribution in [2.45, 2.75) is 44.5 Å². The van der Waals surface area contributed by atoms with Crippen molar-refractivity contribution in [2.24, 2.45) is 4.99 Å². The number of hydrogen-bond acceptors (Lipinski definition) is 4. The maximum Gasteiger partial charge on any atom is 0.248 e. The van der Waals surface area contributed by atoms with E-state index < -0.39 is 9.84 Å². The second-order valence-corrected chi connectivity index (χ2v) is 9.81. The van der Waals surface area contributed by atoms with Gasteiger partial charge in [-0.1, -0.05) is 48.5 Å². The van der Waals surface area contributed by atoms with Crippen LogP contribution in [0.2, 0.25) is 0 Å². The molecule has 0 aliphatic carbocycles. The number of fused-ring (bicyclic) bond motifs is 1. The average molecular weight is 367 g/mol. The van der Waals surface area contributed by atoms with Crippen molar-refractivity contribution >= 4 is 32.7 Å². The quantitative estimate of drug-likeness (QED) is 0.818. The van der Waals surface area contributed by atoms with Crippen LogP contribution in [0.3, 0.4) is 0 Å². The zero-order valence-corrected chi connectivity index (χ0v) is 15.6. The molecule has 2 fully saturated rings. The van der Waals surface area contributed by atoms with E-state index in [1.54, 1.807) is 0 Å². The normalized spacial score (nSPS) is 26.8. The summed E-state index contributed by atoms with van der Waals surface area (Å²) in [5, 5.41) is 0.660. The first-order valence-electron chi connectivity index (χ1n) is 8.19. The van der Waals surface area contributed by atoms with Gasteiger partial charge in [-0.3, -0.25) is 4.79 Å². The minimum Gasteiger partial charge on any atom is -0.342 e. The monoisotopic (exact) mass is 366 g/mol. The number of benzene rings is 1. The number of thioether (sulfide) groups is 1. The lowest BCUT2D eigenvalue weighted by atomic mass is 10.1. The topological polar surface area (TPSA) is 66.8 Å². The Morgan fingerprint density at radius 3 is 2.67 bits per heavy atom. The summed E-state index contributed by atoms with van der Waals surface area (Å²) in [4.78, 5) is 18.2. The van der Waals surface area contributed by atoms with E-state index in [-0.39, 0.29) is 28.7 Å². The van der Waals surface area contributed by atoms with Gasteiger partial charge in [-0.05, 0) is 18.9 Å². The molecule has 0 N–H and O–H groups in total. The van der Waals surface area contributed by atoms with Gasteiger partial charge < -0.3 is 4.90 Å². The summed E-state index contributed by atoms with van der Waals surface area (Å²) in [5.41, 5.74) is 2.28. The van der Waals surface area contributed by atoms with E-state index in [4.69, 9.17) is 0 Å². The molecule has 2 aliphatic heterocycles. The number of amidine groups is 1. The van der Waals surface area contributed by atoms with E-state index >= 15 is 0 Å². The van der Waals surface area contributed by atoms with Gasteiger partial charge in [0.05, 0.1) is 17.5 Å². The van der Waals surface area contributed by atoms with Crippen LogP contribution in [0.15, 0.2) is 29.3 Å². The third-order valence-electron chi connectivity index (χ3n) is 4.33. The van der Waals surface area contributed by atoms with Crippen molar-refractivity contribution in [1.82, 2.24) is 4.90 Å². The maximum absolute atomic E-state index is 12.0. The summed E-state index contributed by atoms with van der Waals surface area (Å²) in [6.45, 7) is 4.57. The number of nitrogens with zero attached hydrogens (tertiary/aromatic N) is 2.